The van der Waals surface area contributed by atoms with Crippen LogP contribution in [-0.4, -0.2) is 44.3 Å². The van der Waals surface area contributed by atoms with Crippen LogP contribution in [0.3, 0.4) is 0 Å². The first-order valence-corrected chi connectivity index (χ1v) is 5.09. The van der Waals surface area contributed by atoms with E-state index in [1.807, 2.05) is 0 Å². The molecule has 0 aromatic rings. The van der Waals surface area contributed by atoms with Crippen LogP contribution in [0.5, 0.6) is 0 Å². The van der Waals surface area contributed by atoms with E-state index >= 15 is 0 Å². The first kappa shape index (κ1) is 27.1. The number of hydrogen-bond acceptors (Lipinski definition) is 7. The molecular formula is C9H22Cl3N3O4. The number of carbonyl (C=O) groups excluding carboxylic acids is 2. The first-order chi connectivity index (χ1) is 7.61. The third-order valence-corrected chi connectivity index (χ3v) is 1.71. The summed E-state index contributed by atoms with van der Waals surface area (Å²) in [6, 6.07) is -0.822. The highest BCUT2D eigenvalue weighted by atomic mass is 35.5. The van der Waals surface area contributed by atoms with Gasteiger partial charge in [0.15, 0.2) is 0 Å². The summed E-state index contributed by atoms with van der Waals surface area (Å²) in [5.74, 6) is -0.982. The molecule has 1 unspecified atom stereocenters. The predicted molar refractivity (Wildman–Crippen MR) is 79.0 cm³/mol. The Labute approximate surface area is 131 Å². The highest BCUT2D eigenvalue weighted by molar-refractivity contribution is 5.86. The molecular weight excluding hydrogens is 320 g/mol. The van der Waals surface area contributed by atoms with Gasteiger partial charge < -0.3 is 26.7 Å². The fraction of sp³-hybridized carbons (Fsp3) is 0.778. The van der Waals surface area contributed by atoms with E-state index in [-0.39, 0.29) is 76.4 Å². The minimum absolute atomic E-state index is 0. The number of nitrogens with two attached hydrogens (primary N) is 3. The quantitative estimate of drug-likeness (QED) is 0.500. The number of esters is 2. The lowest BCUT2D eigenvalue weighted by Gasteiger charge is -2.10. The largest absolute Gasteiger partial charge is 0.464 e. The first-order valence-electron chi connectivity index (χ1n) is 5.09. The molecule has 0 aliphatic carbocycles. The Morgan fingerprint density at radius 2 is 1.42 bits per heavy atom. The van der Waals surface area contributed by atoms with Crippen molar-refractivity contribution in [1.82, 2.24) is 0 Å². The summed E-state index contributed by atoms with van der Waals surface area (Å²) >= 11 is 0. The van der Waals surface area contributed by atoms with Crippen molar-refractivity contribution in [3.63, 3.8) is 0 Å². The Kier molecular flexibility index (Phi) is 25.2. The Balaban J connectivity index is -0.000000375. The van der Waals surface area contributed by atoms with Gasteiger partial charge in [0.05, 0.1) is 0 Å². The van der Waals surface area contributed by atoms with E-state index < -0.39 is 18.0 Å². The Morgan fingerprint density at radius 1 is 0.947 bits per heavy atom. The van der Waals surface area contributed by atoms with Gasteiger partial charge in [0.1, 0.15) is 19.3 Å². The molecule has 0 heterocycles. The molecule has 0 fully saturated rings. The van der Waals surface area contributed by atoms with Gasteiger partial charge in [0, 0.05) is 19.5 Å². The number of halogens is 3. The fourth-order valence-corrected chi connectivity index (χ4v) is 0.903. The average molecular weight is 343 g/mol. The third-order valence-electron chi connectivity index (χ3n) is 1.71. The Hall–Kier alpha value is -0.310. The van der Waals surface area contributed by atoms with Gasteiger partial charge in [-0.25, -0.2) is 0 Å². The van der Waals surface area contributed by atoms with E-state index in [2.05, 4.69) is 0 Å². The molecule has 0 aliphatic heterocycles. The van der Waals surface area contributed by atoms with Crippen molar-refractivity contribution in [2.45, 2.75) is 18.9 Å². The molecule has 118 valence electrons. The summed E-state index contributed by atoms with van der Waals surface area (Å²) in [7, 11) is 0. The van der Waals surface area contributed by atoms with Gasteiger partial charge in [-0.05, 0) is 6.42 Å². The number of rotatable bonds is 8. The molecule has 0 saturated heterocycles. The summed E-state index contributed by atoms with van der Waals surface area (Å²) in [6.07, 6.45) is 0.256. The van der Waals surface area contributed by atoms with Crippen LogP contribution in [0.2, 0.25) is 0 Å². The summed E-state index contributed by atoms with van der Waals surface area (Å²) in [4.78, 5) is 22.2. The van der Waals surface area contributed by atoms with Crippen LogP contribution < -0.4 is 17.2 Å². The Morgan fingerprint density at radius 3 is 1.89 bits per heavy atom. The van der Waals surface area contributed by atoms with Gasteiger partial charge >= 0.3 is 11.9 Å². The lowest BCUT2D eigenvalue weighted by Crippen LogP contribution is -2.34. The monoisotopic (exact) mass is 341 g/mol. The molecule has 0 spiro atoms. The van der Waals surface area contributed by atoms with Crippen LogP contribution in [0, 0.1) is 0 Å². The van der Waals surface area contributed by atoms with Gasteiger partial charge in [-0.1, -0.05) is 0 Å². The van der Waals surface area contributed by atoms with Crippen LogP contribution in [0.15, 0.2) is 0 Å². The zero-order valence-corrected chi connectivity index (χ0v) is 12.9. The van der Waals surface area contributed by atoms with E-state index in [1.165, 1.54) is 0 Å². The predicted octanol–water partition coefficient (Wildman–Crippen LogP) is -0.637. The minimum Gasteiger partial charge on any atom is -0.464 e. The normalized spacial score (nSPS) is 10.1. The van der Waals surface area contributed by atoms with Gasteiger partial charge in [0.25, 0.3) is 0 Å². The van der Waals surface area contributed by atoms with Crippen molar-refractivity contribution >= 4 is 49.2 Å². The van der Waals surface area contributed by atoms with Gasteiger partial charge in [0.2, 0.25) is 0 Å². The molecule has 7 nitrogen and oxygen atoms in total. The van der Waals surface area contributed by atoms with Crippen molar-refractivity contribution < 1.29 is 19.1 Å². The maximum absolute atomic E-state index is 11.2. The summed E-state index contributed by atoms with van der Waals surface area (Å²) in [6.45, 7) is 0.823. The lowest BCUT2D eigenvalue weighted by molar-refractivity contribution is -0.146. The van der Waals surface area contributed by atoms with Crippen molar-refractivity contribution in [1.29, 1.82) is 0 Å². The standard InChI is InChI=1S/C9H19N3O4.3ClH/c10-3-5-15-8(13)2-1-7(12)9(14)16-6-4-11;;;/h7H,1-6,10-12H2;3*1H. The van der Waals surface area contributed by atoms with E-state index in [4.69, 9.17) is 26.7 Å². The maximum Gasteiger partial charge on any atom is 0.322 e. The SMILES string of the molecule is Cl.Cl.Cl.NCCOC(=O)CCC(N)C(=O)OCCN. The smallest absolute Gasteiger partial charge is 0.322 e. The van der Waals surface area contributed by atoms with Crippen molar-refractivity contribution in [3.05, 3.63) is 0 Å². The van der Waals surface area contributed by atoms with Crippen molar-refractivity contribution in [2.75, 3.05) is 26.3 Å². The summed E-state index contributed by atoms with van der Waals surface area (Å²) in [5.41, 5.74) is 15.8. The third kappa shape index (κ3) is 15.6. The van der Waals surface area contributed by atoms with Crippen LogP contribution in [0.25, 0.3) is 0 Å². The minimum atomic E-state index is -0.822. The fourth-order valence-electron chi connectivity index (χ4n) is 0.903. The lowest BCUT2D eigenvalue weighted by atomic mass is 10.2. The van der Waals surface area contributed by atoms with Crippen molar-refractivity contribution in [3.8, 4) is 0 Å². The van der Waals surface area contributed by atoms with Crippen LogP contribution >= 0.6 is 37.2 Å². The average Bonchev–Trinajstić information content (AvgIpc) is 2.30. The second kappa shape index (κ2) is 17.7. The molecule has 0 aromatic carbocycles. The number of carbonyl (C=O) groups is 2. The zero-order chi connectivity index (χ0) is 12.4. The molecule has 0 rings (SSSR count). The van der Waals surface area contributed by atoms with Gasteiger partial charge in [-0.15, -0.1) is 37.2 Å². The molecule has 19 heavy (non-hydrogen) atoms. The second-order valence-corrected chi connectivity index (χ2v) is 3.11. The molecule has 1 atom stereocenters. The Bertz CT molecular complexity index is 235. The molecule has 0 radical (unpaired) electrons. The molecule has 0 bridgehead atoms. The van der Waals surface area contributed by atoms with Crippen LogP contribution in [0.1, 0.15) is 12.8 Å². The van der Waals surface area contributed by atoms with Crippen LogP contribution in [-0.2, 0) is 19.1 Å². The maximum atomic E-state index is 11.2. The highest BCUT2D eigenvalue weighted by Crippen LogP contribution is 1.99. The zero-order valence-electron chi connectivity index (χ0n) is 10.4. The van der Waals surface area contributed by atoms with E-state index in [0.717, 1.165) is 0 Å². The van der Waals surface area contributed by atoms with E-state index in [9.17, 15) is 9.59 Å². The van der Waals surface area contributed by atoms with Gasteiger partial charge in [-0.3, -0.25) is 9.59 Å². The molecule has 0 aromatic heterocycles. The highest BCUT2D eigenvalue weighted by Gasteiger charge is 2.16. The van der Waals surface area contributed by atoms with Crippen molar-refractivity contribution in [2.24, 2.45) is 17.2 Å². The van der Waals surface area contributed by atoms with E-state index in [1.54, 1.807) is 0 Å². The number of ether oxygens (including phenoxy) is 2. The molecule has 0 aliphatic rings. The molecule has 0 amide bonds. The summed E-state index contributed by atoms with van der Waals surface area (Å²) < 4.78 is 9.42. The van der Waals surface area contributed by atoms with E-state index in [0.29, 0.717) is 0 Å². The summed E-state index contributed by atoms with van der Waals surface area (Å²) in [5, 5.41) is 0. The van der Waals surface area contributed by atoms with Gasteiger partial charge in [-0.2, -0.15) is 0 Å². The van der Waals surface area contributed by atoms with Crippen LogP contribution in [0.4, 0.5) is 0 Å². The topological polar surface area (TPSA) is 131 Å². The molecule has 10 heteroatoms. The number of hydrogen-bond donors (Lipinski definition) is 3. The second-order valence-electron chi connectivity index (χ2n) is 3.11. The molecule has 0 saturated carbocycles. The molecule has 6 N–H and O–H groups in total.